The summed E-state index contributed by atoms with van der Waals surface area (Å²) in [7, 11) is 0. The third-order valence-corrected chi connectivity index (χ3v) is 3.95. The Bertz CT molecular complexity index is 558. The van der Waals surface area contributed by atoms with Gasteiger partial charge in [0.05, 0.1) is 5.41 Å². The summed E-state index contributed by atoms with van der Waals surface area (Å²) in [5.74, 6) is 0.479. The molecular formula is C14H17FN2O. The van der Waals surface area contributed by atoms with Crippen LogP contribution in [0.3, 0.4) is 0 Å². The number of nitrogens with zero attached hydrogens (tertiary/aromatic N) is 1. The van der Waals surface area contributed by atoms with Crippen LogP contribution in [0.4, 0.5) is 4.39 Å². The van der Waals surface area contributed by atoms with Gasteiger partial charge in [-0.2, -0.15) is 0 Å². The van der Waals surface area contributed by atoms with E-state index in [1.807, 2.05) is 0 Å². The molecule has 0 bridgehead atoms. The minimum Gasteiger partial charge on any atom is -0.440 e. The van der Waals surface area contributed by atoms with Crippen LogP contribution in [-0.2, 0) is 5.41 Å². The van der Waals surface area contributed by atoms with Gasteiger partial charge in [-0.1, -0.05) is 6.92 Å². The lowest BCUT2D eigenvalue weighted by molar-refractivity contribution is 0.249. The van der Waals surface area contributed by atoms with Crippen molar-refractivity contribution in [1.29, 1.82) is 0 Å². The molecule has 1 unspecified atom stereocenters. The summed E-state index contributed by atoms with van der Waals surface area (Å²) in [4.78, 5) is 4.49. The lowest BCUT2D eigenvalue weighted by Crippen LogP contribution is -2.43. The lowest BCUT2D eigenvalue weighted by Gasteiger charge is -2.33. The Kier molecular flexibility index (Phi) is 2.82. The average molecular weight is 248 g/mol. The fraction of sp³-hybridized carbons (Fsp3) is 0.500. The summed E-state index contributed by atoms with van der Waals surface area (Å²) in [5, 5.41) is 3.41. The molecule has 1 N–H and O–H groups in total. The quantitative estimate of drug-likeness (QED) is 0.887. The van der Waals surface area contributed by atoms with Crippen molar-refractivity contribution in [3.63, 3.8) is 0 Å². The SMILES string of the molecule is CCC1(c2nc3cc(F)ccc3o2)CCCNC1. The van der Waals surface area contributed by atoms with Gasteiger partial charge in [-0.05, 0) is 37.9 Å². The van der Waals surface area contributed by atoms with Gasteiger partial charge in [-0.25, -0.2) is 9.37 Å². The third kappa shape index (κ3) is 1.81. The maximum Gasteiger partial charge on any atom is 0.202 e. The number of hydrogen-bond donors (Lipinski definition) is 1. The van der Waals surface area contributed by atoms with Crippen molar-refractivity contribution in [2.24, 2.45) is 0 Å². The summed E-state index contributed by atoms with van der Waals surface area (Å²) in [6.45, 7) is 4.10. The van der Waals surface area contributed by atoms with Crippen LogP contribution in [0.1, 0.15) is 32.1 Å². The predicted octanol–water partition coefficient (Wildman–Crippen LogP) is 3.00. The van der Waals surface area contributed by atoms with Gasteiger partial charge in [-0.15, -0.1) is 0 Å². The maximum atomic E-state index is 13.2. The van der Waals surface area contributed by atoms with Crippen LogP contribution < -0.4 is 5.32 Å². The molecule has 1 aromatic carbocycles. The van der Waals surface area contributed by atoms with Crippen LogP contribution in [0, 0.1) is 5.82 Å². The topological polar surface area (TPSA) is 38.1 Å². The number of nitrogens with one attached hydrogen (secondary N) is 1. The van der Waals surface area contributed by atoms with E-state index >= 15 is 0 Å². The molecular weight excluding hydrogens is 231 g/mol. The standard InChI is InChI=1S/C14H17FN2O/c1-2-14(6-3-7-16-9-14)13-17-11-8-10(15)4-5-12(11)18-13/h4-5,8,16H,2-3,6-7,9H2,1H3. The van der Waals surface area contributed by atoms with Gasteiger partial charge in [0.25, 0.3) is 0 Å². The molecule has 0 radical (unpaired) electrons. The highest BCUT2D eigenvalue weighted by atomic mass is 19.1. The zero-order chi connectivity index (χ0) is 12.6. The highest BCUT2D eigenvalue weighted by Crippen LogP contribution is 2.35. The van der Waals surface area contributed by atoms with E-state index in [0.29, 0.717) is 11.1 Å². The van der Waals surface area contributed by atoms with Crippen LogP contribution in [0.15, 0.2) is 22.6 Å². The van der Waals surface area contributed by atoms with Crippen molar-refractivity contribution in [3.8, 4) is 0 Å². The van der Waals surface area contributed by atoms with Crippen molar-refractivity contribution >= 4 is 11.1 Å². The molecule has 3 nitrogen and oxygen atoms in total. The third-order valence-electron chi connectivity index (χ3n) is 3.95. The normalized spacial score (nSPS) is 24.6. The lowest BCUT2D eigenvalue weighted by atomic mass is 9.78. The Labute approximate surface area is 105 Å². The molecule has 1 saturated heterocycles. The minimum absolute atomic E-state index is 0.0340. The van der Waals surface area contributed by atoms with E-state index in [-0.39, 0.29) is 11.2 Å². The molecule has 96 valence electrons. The Morgan fingerprint density at radius 1 is 1.50 bits per heavy atom. The van der Waals surface area contributed by atoms with Crippen molar-refractivity contribution in [1.82, 2.24) is 10.3 Å². The van der Waals surface area contributed by atoms with Gasteiger partial charge in [-0.3, -0.25) is 0 Å². The van der Waals surface area contributed by atoms with Crippen molar-refractivity contribution < 1.29 is 8.81 Å². The van der Waals surface area contributed by atoms with E-state index in [4.69, 9.17) is 4.42 Å². The summed E-state index contributed by atoms with van der Waals surface area (Å²) in [5.41, 5.74) is 1.25. The number of halogens is 1. The van der Waals surface area contributed by atoms with Crippen LogP contribution >= 0.6 is 0 Å². The molecule has 0 spiro atoms. The monoisotopic (exact) mass is 248 g/mol. The second-order valence-corrected chi connectivity index (χ2v) is 5.05. The molecule has 1 aliphatic rings. The zero-order valence-electron chi connectivity index (χ0n) is 10.5. The molecule has 0 aliphatic carbocycles. The molecule has 3 rings (SSSR count). The second kappa shape index (κ2) is 4.35. The molecule has 0 amide bonds. The summed E-state index contributed by atoms with van der Waals surface area (Å²) >= 11 is 0. The van der Waals surface area contributed by atoms with E-state index in [1.165, 1.54) is 12.1 Å². The van der Waals surface area contributed by atoms with Gasteiger partial charge in [0, 0.05) is 12.6 Å². The van der Waals surface area contributed by atoms with Gasteiger partial charge < -0.3 is 9.73 Å². The first kappa shape index (κ1) is 11.7. The largest absolute Gasteiger partial charge is 0.440 e. The van der Waals surface area contributed by atoms with Crippen LogP contribution in [0.5, 0.6) is 0 Å². The second-order valence-electron chi connectivity index (χ2n) is 5.05. The van der Waals surface area contributed by atoms with Gasteiger partial charge >= 0.3 is 0 Å². The maximum absolute atomic E-state index is 13.2. The molecule has 1 fully saturated rings. The van der Waals surface area contributed by atoms with E-state index < -0.39 is 0 Å². The minimum atomic E-state index is -0.269. The summed E-state index contributed by atoms with van der Waals surface area (Å²) in [6.07, 6.45) is 3.18. The number of rotatable bonds is 2. The van der Waals surface area contributed by atoms with E-state index in [2.05, 4.69) is 17.2 Å². The zero-order valence-corrected chi connectivity index (χ0v) is 10.5. The number of oxazole rings is 1. The Hall–Kier alpha value is -1.42. The summed E-state index contributed by atoms with van der Waals surface area (Å²) < 4.78 is 19.0. The predicted molar refractivity (Wildman–Crippen MR) is 68.0 cm³/mol. The first-order valence-corrected chi connectivity index (χ1v) is 6.51. The highest BCUT2D eigenvalue weighted by molar-refractivity contribution is 5.72. The number of fused-ring (bicyclic) bond motifs is 1. The van der Waals surface area contributed by atoms with Crippen LogP contribution in [0.2, 0.25) is 0 Å². The fourth-order valence-corrected chi connectivity index (χ4v) is 2.73. The number of hydrogen-bond acceptors (Lipinski definition) is 3. The number of aromatic nitrogens is 1. The number of piperidine rings is 1. The van der Waals surface area contributed by atoms with E-state index in [1.54, 1.807) is 6.07 Å². The molecule has 4 heteroatoms. The van der Waals surface area contributed by atoms with Gasteiger partial charge in [0.2, 0.25) is 5.89 Å². The van der Waals surface area contributed by atoms with Crippen molar-refractivity contribution in [2.45, 2.75) is 31.6 Å². The molecule has 18 heavy (non-hydrogen) atoms. The molecule has 2 aromatic rings. The van der Waals surface area contributed by atoms with Crippen molar-refractivity contribution in [2.75, 3.05) is 13.1 Å². The number of benzene rings is 1. The molecule has 1 aliphatic heterocycles. The van der Waals surface area contributed by atoms with Crippen LogP contribution in [-0.4, -0.2) is 18.1 Å². The highest BCUT2D eigenvalue weighted by Gasteiger charge is 2.36. The molecule has 1 aromatic heterocycles. The van der Waals surface area contributed by atoms with E-state index in [9.17, 15) is 4.39 Å². The first-order valence-electron chi connectivity index (χ1n) is 6.51. The molecule has 0 saturated carbocycles. The Morgan fingerprint density at radius 3 is 3.11 bits per heavy atom. The Morgan fingerprint density at radius 2 is 2.39 bits per heavy atom. The Balaban J connectivity index is 2.06. The van der Waals surface area contributed by atoms with E-state index in [0.717, 1.165) is 38.2 Å². The summed E-state index contributed by atoms with van der Waals surface area (Å²) in [6, 6.07) is 4.50. The molecule has 2 heterocycles. The first-order chi connectivity index (χ1) is 8.73. The van der Waals surface area contributed by atoms with Gasteiger partial charge in [0.15, 0.2) is 5.58 Å². The van der Waals surface area contributed by atoms with Crippen molar-refractivity contribution in [3.05, 3.63) is 29.9 Å². The van der Waals surface area contributed by atoms with Crippen LogP contribution in [0.25, 0.3) is 11.1 Å². The average Bonchev–Trinajstić information content (AvgIpc) is 2.83. The fourth-order valence-electron chi connectivity index (χ4n) is 2.73. The molecule has 1 atom stereocenters. The smallest absolute Gasteiger partial charge is 0.202 e. The van der Waals surface area contributed by atoms with Gasteiger partial charge in [0.1, 0.15) is 11.3 Å².